The highest BCUT2D eigenvalue weighted by atomic mass is 32.2. The molecular weight excluding hydrogens is 256 g/mol. The normalized spacial score (nSPS) is 22.3. The summed E-state index contributed by atoms with van der Waals surface area (Å²) in [6.45, 7) is 0. The van der Waals surface area contributed by atoms with Gasteiger partial charge in [-0.25, -0.2) is 8.42 Å². The summed E-state index contributed by atoms with van der Waals surface area (Å²) in [7, 11) is -1.22. The van der Waals surface area contributed by atoms with Gasteiger partial charge in [0.15, 0.2) is 11.8 Å². The number of carbonyl (C=O) groups is 2. The number of rotatable bonds is 1. The van der Waals surface area contributed by atoms with E-state index in [1.54, 1.807) is 6.07 Å². The van der Waals surface area contributed by atoms with Gasteiger partial charge in [-0.2, -0.15) is 4.31 Å². The van der Waals surface area contributed by atoms with E-state index in [1.807, 2.05) is 0 Å². The highest BCUT2D eigenvalue weighted by Crippen LogP contribution is 2.28. The Balaban J connectivity index is 2.69. The molecule has 1 heterocycles. The van der Waals surface area contributed by atoms with E-state index in [9.17, 15) is 18.0 Å². The fourth-order valence-electron chi connectivity index (χ4n) is 1.92. The van der Waals surface area contributed by atoms with Crippen LogP contribution in [0.5, 0.6) is 0 Å². The SMILES string of the molecule is CNC(=O)C1C(=O)c2ccccc2S(=O)(=O)N1C. The van der Waals surface area contributed by atoms with Gasteiger partial charge in [0.2, 0.25) is 15.9 Å². The molecule has 0 saturated heterocycles. The van der Waals surface area contributed by atoms with Gasteiger partial charge in [0, 0.05) is 19.7 Å². The molecule has 0 radical (unpaired) electrons. The maximum Gasteiger partial charge on any atom is 0.246 e. The van der Waals surface area contributed by atoms with Crippen LogP contribution < -0.4 is 5.32 Å². The lowest BCUT2D eigenvalue weighted by Gasteiger charge is -2.30. The zero-order valence-electron chi connectivity index (χ0n) is 9.88. The lowest BCUT2D eigenvalue weighted by atomic mass is 10.0. The van der Waals surface area contributed by atoms with E-state index in [4.69, 9.17) is 0 Å². The molecule has 1 aromatic carbocycles. The third-order valence-corrected chi connectivity index (χ3v) is 4.80. The molecule has 1 atom stereocenters. The number of nitrogens with one attached hydrogen (secondary N) is 1. The first-order chi connectivity index (χ1) is 8.41. The number of hydrogen-bond donors (Lipinski definition) is 1. The first-order valence-corrected chi connectivity index (χ1v) is 6.68. The second-order valence-corrected chi connectivity index (χ2v) is 5.86. The summed E-state index contributed by atoms with van der Waals surface area (Å²) < 4.78 is 25.2. The summed E-state index contributed by atoms with van der Waals surface area (Å²) >= 11 is 0. The van der Waals surface area contributed by atoms with Crippen molar-refractivity contribution >= 4 is 21.7 Å². The summed E-state index contributed by atoms with van der Waals surface area (Å²) in [5.41, 5.74) is 0.0594. The van der Waals surface area contributed by atoms with Crippen LogP contribution in [0.4, 0.5) is 0 Å². The highest BCUT2D eigenvalue weighted by molar-refractivity contribution is 7.89. The molecule has 2 rings (SSSR count). The molecule has 0 aromatic heterocycles. The van der Waals surface area contributed by atoms with Gasteiger partial charge in [-0.05, 0) is 12.1 Å². The van der Waals surface area contributed by atoms with Crippen molar-refractivity contribution in [1.29, 1.82) is 0 Å². The molecule has 1 unspecified atom stereocenters. The number of fused-ring (bicyclic) bond motifs is 1. The largest absolute Gasteiger partial charge is 0.357 e. The maximum absolute atomic E-state index is 12.2. The zero-order valence-corrected chi connectivity index (χ0v) is 10.7. The lowest BCUT2D eigenvalue weighted by Crippen LogP contribution is -2.54. The van der Waals surface area contributed by atoms with Crippen molar-refractivity contribution in [1.82, 2.24) is 9.62 Å². The summed E-state index contributed by atoms with van der Waals surface area (Å²) in [6, 6.07) is 4.54. The molecule has 0 aliphatic carbocycles. The van der Waals surface area contributed by atoms with Crippen LogP contribution in [-0.4, -0.2) is 44.6 Å². The standard InChI is InChI=1S/C11H12N2O4S/c1-12-11(15)9-10(14)7-5-3-4-6-8(7)18(16,17)13(9)2/h3-6,9H,1-2H3,(H,12,15). The van der Waals surface area contributed by atoms with Crippen LogP contribution in [0.25, 0.3) is 0 Å². The lowest BCUT2D eigenvalue weighted by molar-refractivity contribution is -0.122. The van der Waals surface area contributed by atoms with Gasteiger partial charge in [0.05, 0.1) is 4.90 Å². The van der Waals surface area contributed by atoms with E-state index < -0.39 is 27.8 Å². The topological polar surface area (TPSA) is 83.5 Å². The smallest absolute Gasteiger partial charge is 0.246 e. The van der Waals surface area contributed by atoms with Crippen molar-refractivity contribution in [3.8, 4) is 0 Å². The second kappa shape index (κ2) is 4.18. The minimum Gasteiger partial charge on any atom is -0.357 e. The summed E-state index contributed by atoms with van der Waals surface area (Å²) in [5, 5.41) is 2.30. The fraction of sp³-hybridized carbons (Fsp3) is 0.273. The van der Waals surface area contributed by atoms with E-state index in [-0.39, 0.29) is 10.5 Å². The molecule has 1 N–H and O–H groups in total. The number of ketones is 1. The van der Waals surface area contributed by atoms with Crippen molar-refractivity contribution in [2.75, 3.05) is 14.1 Å². The first-order valence-electron chi connectivity index (χ1n) is 5.24. The quantitative estimate of drug-likeness (QED) is 0.704. The Labute approximate surface area is 105 Å². The minimum atomic E-state index is -3.81. The number of sulfonamides is 1. The number of carbonyl (C=O) groups excluding carboxylic acids is 2. The molecule has 6 nitrogen and oxygen atoms in total. The Hall–Kier alpha value is -1.73. The Morgan fingerprint density at radius 2 is 1.94 bits per heavy atom. The first kappa shape index (κ1) is 12.7. The Morgan fingerprint density at radius 1 is 1.33 bits per heavy atom. The summed E-state index contributed by atoms with van der Waals surface area (Å²) in [4.78, 5) is 23.7. The molecule has 18 heavy (non-hydrogen) atoms. The molecule has 7 heteroatoms. The predicted molar refractivity (Wildman–Crippen MR) is 63.6 cm³/mol. The molecule has 1 aliphatic rings. The van der Waals surface area contributed by atoms with Crippen LogP contribution in [0, 0.1) is 0 Å². The molecule has 1 aromatic rings. The van der Waals surface area contributed by atoms with Crippen molar-refractivity contribution < 1.29 is 18.0 Å². The van der Waals surface area contributed by atoms with Crippen LogP contribution in [-0.2, 0) is 14.8 Å². The number of likely N-dealkylation sites (N-methyl/N-ethyl adjacent to an activating group) is 2. The number of hydrogen-bond acceptors (Lipinski definition) is 4. The van der Waals surface area contributed by atoms with Crippen molar-refractivity contribution in [2.45, 2.75) is 10.9 Å². The number of amides is 1. The molecule has 0 fully saturated rings. The van der Waals surface area contributed by atoms with E-state index in [2.05, 4.69) is 5.32 Å². The number of benzene rings is 1. The summed E-state index contributed by atoms with van der Waals surface area (Å²) in [5.74, 6) is -1.15. The Kier molecular flexibility index (Phi) is 2.95. The van der Waals surface area contributed by atoms with Crippen molar-refractivity contribution in [3.05, 3.63) is 29.8 Å². The van der Waals surface area contributed by atoms with E-state index in [0.717, 1.165) is 4.31 Å². The van der Waals surface area contributed by atoms with Crippen LogP contribution in [0.15, 0.2) is 29.2 Å². The van der Waals surface area contributed by atoms with E-state index >= 15 is 0 Å². The molecule has 96 valence electrons. The molecule has 1 aliphatic heterocycles. The van der Waals surface area contributed by atoms with E-state index in [0.29, 0.717) is 0 Å². The van der Waals surface area contributed by atoms with Gasteiger partial charge in [0.25, 0.3) is 0 Å². The second-order valence-electron chi connectivity index (χ2n) is 3.90. The van der Waals surface area contributed by atoms with Crippen LogP contribution >= 0.6 is 0 Å². The van der Waals surface area contributed by atoms with Gasteiger partial charge in [-0.3, -0.25) is 9.59 Å². The fourth-order valence-corrected chi connectivity index (χ4v) is 3.40. The van der Waals surface area contributed by atoms with Crippen LogP contribution in [0.2, 0.25) is 0 Å². The number of Topliss-reactive ketones (excluding diaryl/α,β-unsaturated/α-hetero) is 1. The molecule has 0 saturated carbocycles. The zero-order chi connectivity index (χ0) is 13.5. The van der Waals surface area contributed by atoms with Crippen molar-refractivity contribution in [3.63, 3.8) is 0 Å². The monoisotopic (exact) mass is 268 g/mol. The molecule has 0 spiro atoms. The molecular formula is C11H12N2O4S. The summed E-state index contributed by atoms with van der Waals surface area (Å²) in [6.07, 6.45) is 0. The van der Waals surface area contributed by atoms with E-state index in [1.165, 1.54) is 32.3 Å². The third-order valence-electron chi connectivity index (χ3n) is 2.92. The third kappa shape index (κ3) is 1.63. The predicted octanol–water partition coefficient (Wildman–Crippen LogP) is -0.382. The van der Waals surface area contributed by atoms with Gasteiger partial charge in [-0.15, -0.1) is 0 Å². The van der Waals surface area contributed by atoms with Gasteiger partial charge < -0.3 is 5.32 Å². The average Bonchev–Trinajstić information content (AvgIpc) is 2.37. The van der Waals surface area contributed by atoms with Crippen LogP contribution in [0.1, 0.15) is 10.4 Å². The highest BCUT2D eigenvalue weighted by Gasteiger charge is 2.44. The Bertz CT molecular complexity index is 624. The molecule has 0 bridgehead atoms. The Morgan fingerprint density at radius 3 is 2.56 bits per heavy atom. The van der Waals surface area contributed by atoms with Gasteiger partial charge in [0.1, 0.15) is 0 Å². The minimum absolute atomic E-state index is 0.0577. The maximum atomic E-state index is 12.2. The van der Waals surface area contributed by atoms with Crippen molar-refractivity contribution in [2.24, 2.45) is 0 Å². The average molecular weight is 268 g/mol. The van der Waals surface area contributed by atoms with Gasteiger partial charge >= 0.3 is 0 Å². The molecule has 1 amide bonds. The number of nitrogens with zero attached hydrogens (tertiary/aromatic N) is 1. The van der Waals surface area contributed by atoms with Gasteiger partial charge in [-0.1, -0.05) is 12.1 Å². The van der Waals surface area contributed by atoms with Crippen LogP contribution in [0.3, 0.4) is 0 Å².